The number of aromatic amines is 1. The minimum Gasteiger partial charge on any atom is -0.497 e. The quantitative estimate of drug-likeness (QED) is 0.658. The minimum atomic E-state index is -0.472. The third kappa shape index (κ3) is 3.43. The summed E-state index contributed by atoms with van der Waals surface area (Å²) < 4.78 is 6.10. The first kappa shape index (κ1) is 15.6. The van der Waals surface area contributed by atoms with E-state index in [0.29, 0.717) is 12.4 Å². The average molecular weight is 302 g/mol. The second-order valence-corrected chi connectivity index (χ2v) is 4.59. The van der Waals surface area contributed by atoms with Crippen LogP contribution in [0, 0.1) is 0 Å². The van der Waals surface area contributed by atoms with E-state index in [9.17, 15) is 9.59 Å². The van der Waals surface area contributed by atoms with Gasteiger partial charge in [0.05, 0.1) is 13.3 Å². The highest BCUT2D eigenvalue weighted by atomic mass is 16.5. The number of H-pyrrole nitrogens is 1. The molecule has 0 fully saturated rings. The summed E-state index contributed by atoms with van der Waals surface area (Å²) in [6.07, 6.45) is 1.65. The van der Waals surface area contributed by atoms with Gasteiger partial charge >= 0.3 is 5.69 Å². The third-order valence-electron chi connectivity index (χ3n) is 3.17. The van der Waals surface area contributed by atoms with Gasteiger partial charge in [0.25, 0.3) is 5.56 Å². The molecular weight excluding hydrogens is 284 g/mol. The first-order valence-corrected chi connectivity index (χ1v) is 6.81. The maximum absolute atomic E-state index is 11.7. The molecule has 0 saturated carbocycles. The van der Waals surface area contributed by atoms with E-state index in [1.165, 1.54) is 13.1 Å². The summed E-state index contributed by atoms with van der Waals surface area (Å²) in [7, 11) is 3.02. The second kappa shape index (κ2) is 6.75. The van der Waals surface area contributed by atoms with Crippen molar-refractivity contribution in [3.05, 3.63) is 56.7 Å². The summed E-state index contributed by atoms with van der Waals surface area (Å²) in [6, 6.07) is 8.73. The predicted octanol–water partition coefficient (Wildman–Crippen LogP) is 0.943. The van der Waals surface area contributed by atoms with Crippen LogP contribution < -0.4 is 21.0 Å². The lowest BCUT2D eigenvalue weighted by atomic mass is 10.2. The van der Waals surface area contributed by atoms with E-state index in [2.05, 4.69) is 10.1 Å². The molecule has 0 aliphatic rings. The zero-order valence-electron chi connectivity index (χ0n) is 12.7. The molecule has 2 rings (SSSR count). The Balaban J connectivity index is 2.26. The molecule has 1 aromatic heterocycles. The highest BCUT2D eigenvalue weighted by molar-refractivity contribution is 5.80. The van der Waals surface area contributed by atoms with Crippen molar-refractivity contribution in [2.45, 2.75) is 6.92 Å². The Bertz CT molecular complexity index is 743. The third-order valence-corrected chi connectivity index (χ3v) is 3.17. The Hall–Kier alpha value is -2.83. The van der Waals surface area contributed by atoms with Gasteiger partial charge in [-0.25, -0.2) is 9.80 Å². The van der Waals surface area contributed by atoms with Crippen molar-refractivity contribution in [1.29, 1.82) is 0 Å². The second-order valence-electron chi connectivity index (χ2n) is 4.59. The molecule has 0 amide bonds. The van der Waals surface area contributed by atoms with Crippen LogP contribution in [-0.2, 0) is 7.05 Å². The van der Waals surface area contributed by atoms with E-state index in [0.717, 1.165) is 15.9 Å². The highest BCUT2D eigenvalue weighted by Crippen LogP contribution is 2.11. The molecule has 0 aliphatic carbocycles. The van der Waals surface area contributed by atoms with Crippen molar-refractivity contribution in [2.75, 3.05) is 18.7 Å². The number of benzene rings is 1. The predicted molar refractivity (Wildman–Crippen MR) is 85.9 cm³/mol. The van der Waals surface area contributed by atoms with Crippen LogP contribution >= 0.6 is 0 Å². The molecule has 0 unspecified atom stereocenters. The number of nitrogens with zero attached hydrogens (tertiary/aromatic N) is 3. The van der Waals surface area contributed by atoms with Gasteiger partial charge in [-0.15, -0.1) is 0 Å². The fraction of sp³-hybridized carbons (Fsp3) is 0.267. The van der Waals surface area contributed by atoms with Gasteiger partial charge < -0.3 is 4.74 Å². The van der Waals surface area contributed by atoms with Gasteiger partial charge in [-0.2, -0.15) is 5.10 Å². The summed E-state index contributed by atoms with van der Waals surface area (Å²) >= 11 is 0. The van der Waals surface area contributed by atoms with E-state index in [1.54, 1.807) is 18.3 Å². The minimum absolute atomic E-state index is 0.361. The van der Waals surface area contributed by atoms with E-state index in [4.69, 9.17) is 4.74 Å². The summed E-state index contributed by atoms with van der Waals surface area (Å²) in [5, 5.41) is 5.85. The average Bonchev–Trinajstić information content (AvgIpc) is 2.53. The Kier molecular flexibility index (Phi) is 4.77. The van der Waals surface area contributed by atoms with Gasteiger partial charge in [-0.05, 0) is 36.8 Å². The molecule has 0 spiro atoms. The van der Waals surface area contributed by atoms with Gasteiger partial charge in [0.15, 0.2) is 0 Å². The fourth-order valence-electron chi connectivity index (χ4n) is 1.82. The zero-order valence-corrected chi connectivity index (χ0v) is 12.7. The largest absolute Gasteiger partial charge is 0.497 e. The molecule has 1 heterocycles. The molecule has 0 atom stereocenters. The number of aromatic nitrogens is 2. The highest BCUT2D eigenvalue weighted by Gasteiger charge is 2.06. The monoisotopic (exact) mass is 302 g/mol. The topological polar surface area (TPSA) is 79.7 Å². The van der Waals surface area contributed by atoms with Crippen LogP contribution in [0.25, 0.3) is 0 Å². The number of hydrogen-bond acceptors (Lipinski definition) is 5. The van der Waals surface area contributed by atoms with Crippen molar-refractivity contribution in [3.63, 3.8) is 0 Å². The molecule has 7 heteroatoms. The summed E-state index contributed by atoms with van der Waals surface area (Å²) in [5.74, 6) is 1.13. The molecule has 0 radical (unpaired) electrons. The maximum atomic E-state index is 11.7. The van der Waals surface area contributed by atoms with E-state index in [-0.39, 0.29) is 5.56 Å². The first-order chi connectivity index (χ1) is 10.5. The standard InChI is InChI=1S/C15H18N4O3/c1-4-19(13-9-14(20)18(2)15(21)17-13)16-10-11-5-7-12(22-3)8-6-11/h5-10H,4H2,1-3H3,(H,17,21). The fourth-order valence-corrected chi connectivity index (χ4v) is 1.82. The van der Waals surface area contributed by atoms with Crippen LogP contribution in [0.15, 0.2) is 45.0 Å². The number of hydrogen-bond donors (Lipinski definition) is 1. The number of hydrazone groups is 1. The van der Waals surface area contributed by atoms with Gasteiger partial charge in [0.2, 0.25) is 0 Å². The normalized spacial score (nSPS) is 10.9. The molecule has 0 bridgehead atoms. The van der Waals surface area contributed by atoms with Crippen molar-refractivity contribution in [3.8, 4) is 5.75 Å². The lowest BCUT2D eigenvalue weighted by Gasteiger charge is -2.16. The number of nitrogens with one attached hydrogen (secondary N) is 1. The van der Waals surface area contributed by atoms with Crippen molar-refractivity contribution < 1.29 is 4.74 Å². The van der Waals surface area contributed by atoms with Crippen molar-refractivity contribution in [2.24, 2.45) is 12.1 Å². The SMILES string of the molecule is CCN(N=Cc1ccc(OC)cc1)c1cc(=O)n(C)c(=O)[nH]1. The van der Waals surface area contributed by atoms with E-state index < -0.39 is 5.69 Å². The number of rotatable bonds is 5. The Labute approximate surface area is 127 Å². The van der Waals surface area contributed by atoms with Crippen molar-refractivity contribution >= 4 is 12.0 Å². The lowest BCUT2D eigenvalue weighted by molar-refractivity contribution is 0.415. The molecule has 116 valence electrons. The molecule has 0 aliphatic heterocycles. The van der Waals surface area contributed by atoms with Crippen LogP contribution in [0.5, 0.6) is 5.75 Å². The Morgan fingerprint density at radius 1 is 1.32 bits per heavy atom. The number of anilines is 1. The van der Waals surface area contributed by atoms with Gasteiger partial charge in [-0.3, -0.25) is 14.3 Å². The maximum Gasteiger partial charge on any atom is 0.329 e. The smallest absolute Gasteiger partial charge is 0.329 e. The lowest BCUT2D eigenvalue weighted by Crippen LogP contribution is -2.34. The Morgan fingerprint density at radius 3 is 2.55 bits per heavy atom. The molecule has 22 heavy (non-hydrogen) atoms. The van der Waals surface area contributed by atoms with E-state index in [1.807, 2.05) is 31.2 Å². The van der Waals surface area contributed by atoms with E-state index >= 15 is 0 Å². The molecule has 1 N–H and O–H groups in total. The molecule has 1 aromatic carbocycles. The Morgan fingerprint density at radius 2 is 2.00 bits per heavy atom. The summed E-state index contributed by atoms with van der Waals surface area (Å²) in [6.45, 7) is 2.39. The molecule has 7 nitrogen and oxygen atoms in total. The van der Waals surface area contributed by atoms with Gasteiger partial charge in [0, 0.05) is 19.7 Å². The molecule has 2 aromatic rings. The zero-order chi connectivity index (χ0) is 16.1. The van der Waals surface area contributed by atoms with Gasteiger partial charge in [-0.1, -0.05) is 0 Å². The number of ether oxygens (including phenoxy) is 1. The van der Waals surface area contributed by atoms with Crippen LogP contribution in [0.1, 0.15) is 12.5 Å². The van der Waals surface area contributed by atoms with Crippen LogP contribution in [0.3, 0.4) is 0 Å². The molecule has 0 saturated heterocycles. The van der Waals surface area contributed by atoms with Gasteiger partial charge in [0.1, 0.15) is 11.6 Å². The molecular formula is C15H18N4O3. The first-order valence-electron chi connectivity index (χ1n) is 6.81. The summed E-state index contributed by atoms with van der Waals surface area (Å²) in [5.41, 5.74) is 0.0304. The van der Waals surface area contributed by atoms with Crippen molar-refractivity contribution in [1.82, 2.24) is 9.55 Å². The van der Waals surface area contributed by atoms with Crippen LogP contribution in [-0.4, -0.2) is 29.4 Å². The van der Waals surface area contributed by atoms with Crippen LogP contribution in [0.4, 0.5) is 5.82 Å². The number of methoxy groups -OCH3 is 1. The van der Waals surface area contributed by atoms with Crippen LogP contribution in [0.2, 0.25) is 0 Å². The summed E-state index contributed by atoms with van der Waals surface area (Å²) in [4.78, 5) is 25.9.